The second-order valence-corrected chi connectivity index (χ2v) is 16.0. The molecule has 324 valence electrons. The molecule has 11 rings (SSSR count). The molecule has 0 fully saturated rings. The first-order chi connectivity index (χ1) is 32.6. The van der Waals surface area contributed by atoms with E-state index in [1.54, 1.807) is 0 Å². The Kier molecular flexibility index (Phi) is 12.2. The maximum atomic E-state index is 6.24. The van der Waals surface area contributed by atoms with Gasteiger partial charge in [-0.25, -0.2) is 15.0 Å². The number of rotatable bonds is 6. The Labute approximate surface area is 389 Å². The van der Waals surface area contributed by atoms with Gasteiger partial charge in [-0.1, -0.05) is 204 Å². The second kappa shape index (κ2) is 18.4. The van der Waals surface area contributed by atoms with Gasteiger partial charge in [0.25, 0.3) is 0 Å². The van der Waals surface area contributed by atoms with E-state index >= 15 is 0 Å². The molecule has 2 heterocycles. The molecule has 4 nitrogen and oxygen atoms in total. The monoisotopic (exact) mass is 857 g/mol. The summed E-state index contributed by atoms with van der Waals surface area (Å²) in [5, 5.41) is 2.03. The number of nitrogens with zero attached hydrogens (tertiary/aromatic N) is 3. The van der Waals surface area contributed by atoms with Gasteiger partial charge in [-0.05, 0) is 107 Å². The van der Waals surface area contributed by atoms with Crippen LogP contribution in [0.4, 0.5) is 0 Å². The van der Waals surface area contributed by atoms with Gasteiger partial charge in [0, 0.05) is 27.5 Å². The molecule has 2 aliphatic rings. The van der Waals surface area contributed by atoms with Crippen molar-refractivity contribution >= 4 is 33.1 Å². The number of aromatic nitrogens is 3. The highest BCUT2D eigenvalue weighted by atomic mass is 16.3. The standard InChI is InChI=1S/C58H43N3O.2C2H6/c1-5-17-36(6-2)55-59-56(61-57(60-55)46-22-16-27-52-54(46)45-20-11-14-26-51(45)62-52)40-34-30-38(31-35-40)37-28-32-39(33-29-37)42-21-15-25-50-53(42)44-19-10-13-24-49(44)58(50)47(8-4)41(7-3)43-18-9-12-23-48(43)58;2*1-2/h5-35H,1-4H3;2*1-2H3/b17-5-,36-6+,41-7-,47-8+;;. The maximum absolute atomic E-state index is 6.24. The predicted octanol–water partition coefficient (Wildman–Crippen LogP) is 17.1. The van der Waals surface area contributed by atoms with E-state index in [0.29, 0.717) is 17.5 Å². The number of hydrogen-bond acceptors (Lipinski definition) is 4. The highest BCUT2D eigenvalue weighted by Gasteiger charge is 2.53. The van der Waals surface area contributed by atoms with Crippen LogP contribution in [-0.4, -0.2) is 15.0 Å². The number of hydrogen-bond donors (Lipinski definition) is 0. The number of furan rings is 1. The van der Waals surface area contributed by atoms with Crippen LogP contribution in [0.3, 0.4) is 0 Å². The lowest BCUT2D eigenvalue weighted by Gasteiger charge is -2.31. The summed E-state index contributed by atoms with van der Waals surface area (Å²) < 4.78 is 6.24. The molecule has 0 N–H and O–H groups in total. The van der Waals surface area contributed by atoms with Crippen LogP contribution in [-0.2, 0) is 5.41 Å². The molecule has 0 radical (unpaired) electrons. The van der Waals surface area contributed by atoms with E-state index in [1.165, 1.54) is 55.7 Å². The molecule has 9 aromatic rings. The van der Waals surface area contributed by atoms with Gasteiger partial charge in [0.1, 0.15) is 11.2 Å². The lowest BCUT2D eigenvalue weighted by atomic mass is 9.70. The summed E-state index contributed by atoms with van der Waals surface area (Å²) >= 11 is 0. The highest BCUT2D eigenvalue weighted by Crippen LogP contribution is 2.64. The zero-order chi connectivity index (χ0) is 46.0. The van der Waals surface area contributed by atoms with Crippen LogP contribution < -0.4 is 0 Å². The minimum atomic E-state index is -0.362. The number of fused-ring (bicyclic) bond motifs is 10. The summed E-state index contributed by atoms with van der Waals surface area (Å²) in [6.45, 7) is 16.4. The summed E-state index contributed by atoms with van der Waals surface area (Å²) in [4.78, 5) is 15.2. The first-order valence-electron chi connectivity index (χ1n) is 23.4. The summed E-state index contributed by atoms with van der Waals surface area (Å²) in [7, 11) is 0. The van der Waals surface area contributed by atoms with E-state index in [2.05, 4.69) is 153 Å². The van der Waals surface area contributed by atoms with Crippen LogP contribution in [0.15, 0.2) is 198 Å². The molecule has 0 saturated heterocycles. The molecule has 1 unspecified atom stereocenters. The van der Waals surface area contributed by atoms with Crippen molar-refractivity contribution in [2.75, 3.05) is 0 Å². The van der Waals surface area contributed by atoms with Crippen molar-refractivity contribution in [1.29, 1.82) is 0 Å². The van der Waals surface area contributed by atoms with Gasteiger partial charge in [-0.2, -0.15) is 0 Å². The van der Waals surface area contributed by atoms with Crippen molar-refractivity contribution in [3.63, 3.8) is 0 Å². The van der Waals surface area contributed by atoms with Crippen molar-refractivity contribution in [2.24, 2.45) is 0 Å². The Morgan fingerprint density at radius 2 is 1.02 bits per heavy atom. The van der Waals surface area contributed by atoms with Gasteiger partial charge >= 0.3 is 0 Å². The molecule has 4 heteroatoms. The number of para-hydroxylation sites is 1. The fraction of sp³-hybridized carbons (Fsp3) is 0.145. The molecule has 0 aliphatic heterocycles. The molecule has 0 amide bonds. The van der Waals surface area contributed by atoms with Gasteiger partial charge in [-0.3, -0.25) is 0 Å². The summed E-state index contributed by atoms with van der Waals surface area (Å²) in [6, 6.07) is 56.6. The third-order valence-corrected chi connectivity index (χ3v) is 12.8. The minimum absolute atomic E-state index is 0.362. The van der Waals surface area contributed by atoms with Crippen LogP contribution in [0.5, 0.6) is 0 Å². The summed E-state index contributed by atoms with van der Waals surface area (Å²) in [5.74, 6) is 1.84. The van der Waals surface area contributed by atoms with Crippen molar-refractivity contribution in [1.82, 2.24) is 15.0 Å². The van der Waals surface area contributed by atoms with Crippen LogP contribution in [0.1, 0.15) is 83.5 Å². The van der Waals surface area contributed by atoms with Crippen LogP contribution in [0, 0.1) is 0 Å². The molecule has 0 saturated carbocycles. The molecule has 1 atom stereocenters. The SMILES string of the molecule is C/C=C\C(=C/C)c1nc(-c2ccc(-c3ccc(-c4cccc5c4-c4ccccc4C54C(=C/C)/C(=C\C)c5ccccc54)cc3)cc2)nc(-c2cccc3oc4ccccc4c23)n1.CC.CC. The maximum Gasteiger partial charge on any atom is 0.164 e. The number of allylic oxidation sites excluding steroid dienone is 8. The lowest BCUT2D eigenvalue weighted by molar-refractivity contribution is 0.669. The van der Waals surface area contributed by atoms with E-state index < -0.39 is 0 Å². The van der Waals surface area contributed by atoms with E-state index in [4.69, 9.17) is 19.4 Å². The van der Waals surface area contributed by atoms with Gasteiger partial charge in [0.05, 0.1) is 5.41 Å². The summed E-state index contributed by atoms with van der Waals surface area (Å²) in [5.41, 5.74) is 19.4. The van der Waals surface area contributed by atoms with Crippen molar-refractivity contribution in [3.05, 3.63) is 222 Å². The number of benzene rings is 7. The first kappa shape index (κ1) is 43.6. The van der Waals surface area contributed by atoms with Crippen molar-refractivity contribution in [3.8, 4) is 56.2 Å². The van der Waals surface area contributed by atoms with Crippen LogP contribution in [0.25, 0.3) is 89.2 Å². The Bertz CT molecular complexity index is 3380. The molecular formula is C62H55N3O. The predicted molar refractivity (Wildman–Crippen MR) is 279 cm³/mol. The Morgan fingerprint density at radius 1 is 0.470 bits per heavy atom. The molecule has 2 aliphatic carbocycles. The fourth-order valence-electron chi connectivity index (χ4n) is 10.2. The minimum Gasteiger partial charge on any atom is -0.456 e. The molecule has 66 heavy (non-hydrogen) atoms. The Hall–Kier alpha value is -7.69. The third-order valence-electron chi connectivity index (χ3n) is 12.8. The zero-order valence-electron chi connectivity index (χ0n) is 39.1. The van der Waals surface area contributed by atoms with Gasteiger partial charge in [-0.15, -0.1) is 0 Å². The second-order valence-electron chi connectivity index (χ2n) is 16.0. The normalized spacial score (nSPS) is 16.0. The van der Waals surface area contributed by atoms with Crippen molar-refractivity contribution in [2.45, 2.75) is 60.8 Å². The lowest BCUT2D eigenvalue weighted by Crippen LogP contribution is -2.25. The van der Waals surface area contributed by atoms with Crippen LogP contribution >= 0.6 is 0 Å². The Morgan fingerprint density at radius 3 is 1.70 bits per heavy atom. The van der Waals surface area contributed by atoms with Gasteiger partial charge in [0.15, 0.2) is 17.5 Å². The molecule has 2 aromatic heterocycles. The summed E-state index contributed by atoms with van der Waals surface area (Å²) in [6.07, 6.45) is 10.7. The highest BCUT2D eigenvalue weighted by molar-refractivity contribution is 6.12. The van der Waals surface area contributed by atoms with E-state index in [-0.39, 0.29) is 5.41 Å². The quantitative estimate of drug-likeness (QED) is 0.156. The fourth-order valence-corrected chi connectivity index (χ4v) is 10.2. The average Bonchev–Trinajstić information content (AvgIpc) is 4.03. The van der Waals surface area contributed by atoms with Gasteiger partial charge < -0.3 is 4.42 Å². The largest absolute Gasteiger partial charge is 0.456 e. The average molecular weight is 858 g/mol. The third kappa shape index (κ3) is 6.87. The first-order valence-corrected chi connectivity index (χ1v) is 23.4. The van der Waals surface area contributed by atoms with E-state index in [9.17, 15) is 0 Å². The molecule has 0 bridgehead atoms. The molecule has 1 spiro atoms. The Balaban J connectivity index is 0.00000133. The zero-order valence-corrected chi connectivity index (χ0v) is 39.1. The van der Waals surface area contributed by atoms with E-state index in [1.807, 2.05) is 90.1 Å². The topological polar surface area (TPSA) is 51.8 Å². The van der Waals surface area contributed by atoms with Crippen LogP contribution in [0.2, 0.25) is 0 Å². The molecular weight excluding hydrogens is 803 g/mol. The molecule has 7 aromatic carbocycles. The van der Waals surface area contributed by atoms with Gasteiger partial charge in [0.2, 0.25) is 0 Å². The van der Waals surface area contributed by atoms with Crippen molar-refractivity contribution < 1.29 is 4.42 Å². The smallest absolute Gasteiger partial charge is 0.164 e. The van der Waals surface area contributed by atoms with E-state index in [0.717, 1.165) is 49.8 Å².